The van der Waals surface area contributed by atoms with Gasteiger partial charge in [0.15, 0.2) is 0 Å². The zero-order valence-electron chi connectivity index (χ0n) is 20.4. The van der Waals surface area contributed by atoms with E-state index in [1.807, 2.05) is 25.1 Å². The van der Waals surface area contributed by atoms with E-state index >= 15 is 0 Å². The van der Waals surface area contributed by atoms with Gasteiger partial charge in [-0.3, -0.25) is 9.63 Å². The van der Waals surface area contributed by atoms with E-state index in [1.165, 1.54) is 0 Å². The second-order valence-electron chi connectivity index (χ2n) is 10.4. The third-order valence-corrected chi connectivity index (χ3v) is 7.11. The van der Waals surface area contributed by atoms with Gasteiger partial charge in [-0.25, -0.2) is 0 Å². The number of aryl methyl sites for hydroxylation is 1. The van der Waals surface area contributed by atoms with Crippen LogP contribution in [-0.2, 0) is 16.2 Å². The Morgan fingerprint density at radius 2 is 2.12 bits per heavy atom. The second kappa shape index (κ2) is 11.0. The Kier molecular flexibility index (Phi) is 8.56. The molecular weight excluding hydrogens is 420 g/mol. The lowest BCUT2D eigenvalue weighted by Gasteiger charge is -2.40. The fraction of sp³-hybridized carbons (Fsp3) is 0.654. The van der Waals surface area contributed by atoms with Gasteiger partial charge in [0.25, 0.3) is 0 Å². The summed E-state index contributed by atoms with van der Waals surface area (Å²) in [4.78, 5) is 19.5. The number of aliphatic hydroxyl groups excluding tert-OH is 2. The fourth-order valence-corrected chi connectivity index (χ4v) is 5.37. The maximum absolute atomic E-state index is 13.5. The summed E-state index contributed by atoms with van der Waals surface area (Å²) in [6.07, 6.45) is 4.09. The molecule has 7 heteroatoms. The van der Waals surface area contributed by atoms with Crippen molar-refractivity contribution in [1.82, 2.24) is 10.4 Å². The predicted molar refractivity (Wildman–Crippen MR) is 127 cm³/mol. The van der Waals surface area contributed by atoms with Crippen LogP contribution in [0.4, 0.5) is 0 Å². The Morgan fingerprint density at radius 1 is 1.36 bits per heavy atom. The molecule has 1 aromatic rings. The van der Waals surface area contributed by atoms with Gasteiger partial charge in [0.2, 0.25) is 5.91 Å². The summed E-state index contributed by atoms with van der Waals surface area (Å²) >= 11 is 0. The minimum absolute atomic E-state index is 0.0883. The van der Waals surface area contributed by atoms with Crippen LogP contribution in [0.1, 0.15) is 51.2 Å². The molecule has 2 aliphatic rings. The van der Waals surface area contributed by atoms with Crippen LogP contribution in [0.25, 0.3) is 0 Å². The van der Waals surface area contributed by atoms with Crippen molar-refractivity contribution in [3.8, 4) is 5.75 Å². The predicted octanol–water partition coefficient (Wildman–Crippen LogP) is 2.98. The van der Waals surface area contributed by atoms with E-state index in [0.29, 0.717) is 19.1 Å². The number of nitrogens with zero attached hydrogens (tertiary/aromatic N) is 1. The lowest BCUT2D eigenvalue weighted by molar-refractivity contribution is -0.182. The highest BCUT2D eigenvalue weighted by atomic mass is 16.7. The Morgan fingerprint density at radius 3 is 2.76 bits per heavy atom. The van der Waals surface area contributed by atoms with Crippen molar-refractivity contribution >= 4 is 5.91 Å². The molecule has 0 radical (unpaired) electrons. The Bertz CT molecular complexity index is 827. The van der Waals surface area contributed by atoms with Gasteiger partial charge >= 0.3 is 0 Å². The van der Waals surface area contributed by atoms with Gasteiger partial charge in [-0.05, 0) is 43.1 Å². The van der Waals surface area contributed by atoms with Gasteiger partial charge in [0.1, 0.15) is 24.5 Å². The summed E-state index contributed by atoms with van der Waals surface area (Å²) in [6.45, 7) is 12.6. The first-order valence-electron chi connectivity index (χ1n) is 12.0. The summed E-state index contributed by atoms with van der Waals surface area (Å²) < 4.78 is 5.88. The van der Waals surface area contributed by atoms with E-state index < -0.39 is 18.1 Å². The number of carbonyl (C=O) groups is 1. The number of rotatable bonds is 9. The maximum atomic E-state index is 13.5. The highest BCUT2D eigenvalue weighted by Crippen LogP contribution is 2.39. The van der Waals surface area contributed by atoms with Crippen LogP contribution in [-0.4, -0.2) is 59.2 Å². The number of hydrogen-bond donors (Lipinski definition) is 3. The molecule has 7 nitrogen and oxygen atoms in total. The van der Waals surface area contributed by atoms with Crippen molar-refractivity contribution in [2.24, 2.45) is 17.3 Å². The van der Waals surface area contributed by atoms with Crippen LogP contribution >= 0.6 is 0 Å². The highest BCUT2D eigenvalue weighted by Gasteiger charge is 2.48. The zero-order valence-corrected chi connectivity index (χ0v) is 20.4. The number of aliphatic hydroxyl groups is 2. The van der Waals surface area contributed by atoms with Gasteiger partial charge < -0.3 is 20.3 Å². The fourth-order valence-electron chi connectivity index (χ4n) is 5.37. The van der Waals surface area contributed by atoms with Crippen molar-refractivity contribution < 1.29 is 24.6 Å². The molecule has 1 heterocycles. The molecule has 2 fully saturated rings. The summed E-state index contributed by atoms with van der Waals surface area (Å²) in [7, 11) is 0. The van der Waals surface area contributed by atoms with Gasteiger partial charge in [-0.15, -0.1) is 0 Å². The number of nitrogens with one attached hydrogen (secondary N) is 1. The molecular formula is C26H40N2O5. The molecule has 3 rings (SSSR count). The standard InChI is InChI=1S/C26H40N2O5/c1-6-12-32-24-17(2)8-7-9-19(24)14-28-23(20(15-29)22(16-30)33-28)25(31)27-21-10-11-26(4,5)13-18(21)3/h6-9,18,20-23,29-30H,1,10-16H2,2-5H3,(H,27,31)/t18?,20?,21-,22?,23?/m0/s1. The molecule has 0 spiro atoms. The number of amides is 1. The molecule has 4 unspecified atom stereocenters. The SMILES string of the molecule is C=CCOc1c(C)cccc1CN1OC(CO)C(CO)C1C(=O)N[C@H]1CCC(C)(C)CC1C. The van der Waals surface area contributed by atoms with Crippen LogP contribution in [0.2, 0.25) is 0 Å². The number of benzene rings is 1. The largest absolute Gasteiger partial charge is 0.489 e. The second-order valence-corrected chi connectivity index (χ2v) is 10.4. The first-order chi connectivity index (χ1) is 15.7. The number of hydroxylamine groups is 2. The molecule has 1 aliphatic carbocycles. The Labute approximate surface area is 197 Å². The lowest BCUT2D eigenvalue weighted by atomic mass is 9.70. The average molecular weight is 461 g/mol. The summed E-state index contributed by atoms with van der Waals surface area (Å²) in [6, 6.07) is 5.23. The molecule has 1 saturated heterocycles. The van der Waals surface area contributed by atoms with Gasteiger partial charge in [0.05, 0.1) is 19.8 Å². The van der Waals surface area contributed by atoms with E-state index in [2.05, 4.69) is 32.7 Å². The average Bonchev–Trinajstić information content (AvgIpc) is 3.12. The molecule has 0 bridgehead atoms. The molecule has 3 N–H and O–H groups in total. The molecule has 1 amide bonds. The number of para-hydroxylation sites is 1. The molecule has 1 aliphatic heterocycles. The number of hydrogen-bond acceptors (Lipinski definition) is 6. The van der Waals surface area contributed by atoms with E-state index in [9.17, 15) is 15.0 Å². The molecule has 1 saturated carbocycles. The summed E-state index contributed by atoms with van der Waals surface area (Å²) in [5.41, 5.74) is 2.13. The Hall–Kier alpha value is -1.93. The third kappa shape index (κ3) is 5.96. The first-order valence-corrected chi connectivity index (χ1v) is 12.0. The monoisotopic (exact) mass is 460 g/mol. The van der Waals surface area contributed by atoms with E-state index in [0.717, 1.165) is 36.1 Å². The van der Waals surface area contributed by atoms with Gasteiger partial charge in [-0.2, -0.15) is 5.06 Å². The van der Waals surface area contributed by atoms with Crippen LogP contribution in [0, 0.1) is 24.2 Å². The normalized spacial score (nSPS) is 29.6. The third-order valence-electron chi connectivity index (χ3n) is 7.11. The van der Waals surface area contributed by atoms with Crippen molar-refractivity contribution in [2.45, 2.75) is 71.7 Å². The van der Waals surface area contributed by atoms with Crippen molar-refractivity contribution in [3.05, 3.63) is 42.0 Å². The van der Waals surface area contributed by atoms with E-state index in [-0.39, 0.29) is 30.6 Å². The van der Waals surface area contributed by atoms with Crippen LogP contribution in [0.15, 0.2) is 30.9 Å². The Balaban J connectivity index is 1.81. The van der Waals surface area contributed by atoms with Crippen molar-refractivity contribution in [1.29, 1.82) is 0 Å². The molecule has 184 valence electrons. The van der Waals surface area contributed by atoms with Crippen LogP contribution < -0.4 is 10.1 Å². The molecule has 0 aromatic heterocycles. The van der Waals surface area contributed by atoms with Gasteiger partial charge in [0, 0.05) is 17.5 Å². The first kappa shape index (κ1) is 25.7. The van der Waals surface area contributed by atoms with Crippen LogP contribution in [0.5, 0.6) is 5.75 Å². The topological polar surface area (TPSA) is 91.3 Å². The number of carbonyl (C=O) groups excluding carboxylic acids is 1. The number of ether oxygens (including phenoxy) is 1. The van der Waals surface area contributed by atoms with Crippen molar-refractivity contribution in [3.63, 3.8) is 0 Å². The van der Waals surface area contributed by atoms with Gasteiger partial charge in [-0.1, -0.05) is 51.6 Å². The highest BCUT2D eigenvalue weighted by molar-refractivity contribution is 5.82. The molecule has 5 atom stereocenters. The van der Waals surface area contributed by atoms with Crippen LogP contribution in [0.3, 0.4) is 0 Å². The van der Waals surface area contributed by atoms with Crippen molar-refractivity contribution in [2.75, 3.05) is 19.8 Å². The van der Waals surface area contributed by atoms with E-state index in [1.54, 1.807) is 11.1 Å². The molecule has 33 heavy (non-hydrogen) atoms. The smallest absolute Gasteiger partial charge is 0.240 e. The lowest BCUT2D eigenvalue weighted by Crippen LogP contribution is -2.53. The minimum Gasteiger partial charge on any atom is -0.489 e. The summed E-state index contributed by atoms with van der Waals surface area (Å²) in [5, 5.41) is 24.8. The molecule has 1 aromatic carbocycles. The minimum atomic E-state index is -0.706. The quantitative estimate of drug-likeness (QED) is 0.491. The zero-order chi connectivity index (χ0) is 24.2. The maximum Gasteiger partial charge on any atom is 0.240 e. The summed E-state index contributed by atoms with van der Waals surface area (Å²) in [5.74, 6) is 0.414. The van der Waals surface area contributed by atoms with E-state index in [4.69, 9.17) is 9.57 Å².